The lowest BCUT2D eigenvalue weighted by Crippen LogP contribution is -2.41. The highest BCUT2D eigenvalue weighted by atomic mass is 127. The Hall–Kier alpha value is -0.830. The number of rotatable bonds is 6. The van der Waals surface area contributed by atoms with Crippen LogP contribution in [0.4, 0.5) is 0 Å². The normalized spacial score (nSPS) is 21.6. The SMILES string of the molecule is CCNC(=NCc1cc(C(C)C)no1)N1CCC(CN2CCCCC2)C1.I. The van der Waals surface area contributed by atoms with Crippen molar-refractivity contribution in [3.05, 3.63) is 17.5 Å². The number of aromatic nitrogens is 1. The van der Waals surface area contributed by atoms with E-state index in [1.54, 1.807) is 0 Å². The predicted molar refractivity (Wildman–Crippen MR) is 121 cm³/mol. The molecule has 0 spiro atoms. The Balaban J connectivity index is 0.00000261. The minimum Gasteiger partial charge on any atom is -0.359 e. The third-order valence-corrected chi connectivity index (χ3v) is 5.44. The number of nitrogens with one attached hydrogen (secondary N) is 1. The van der Waals surface area contributed by atoms with E-state index >= 15 is 0 Å². The van der Waals surface area contributed by atoms with E-state index in [2.05, 4.69) is 41.0 Å². The van der Waals surface area contributed by atoms with Crippen LogP contribution in [-0.2, 0) is 6.54 Å². The van der Waals surface area contributed by atoms with Gasteiger partial charge in [-0.2, -0.15) is 0 Å². The fourth-order valence-corrected chi connectivity index (χ4v) is 3.94. The number of hydrogen-bond donors (Lipinski definition) is 1. The molecule has 2 fully saturated rings. The molecule has 0 saturated carbocycles. The number of nitrogens with zero attached hydrogens (tertiary/aromatic N) is 4. The van der Waals surface area contributed by atoms with E-state index in [-0.39, 0.29) is 24.0 Å². The molecule has 1 aromatic heterocycles. The molecule has 1 atom stereocenters. The predicted octanol–water partition coefficient (Wildman–Crippen LogP) is 3.69. The first kappa shape index (κ1) is 22.5. The zero-order chi connectivity index (χ0) is 18.4. The van der Waals surface area contributed by atoms with Gasteiger partial charge in [-0.25, -0.2) is 4.99 Å². The van der Waals surface area contributed by atoms with Crippen molar-refractivity contribution >= 4 is 29.9 Å². The van der Waals surface area contributed by atoms with E-state index in [0.717, 1.165) is 43.0 Å². The Labute approximate surface area is 181 Å². The third kappa shape index (κ3) is 6.62. The molecule has 0 bridgehead atoms. The second-order valence-electron chi connectivity index (χ2n) is 8.00. The molecule has 27 heavy (non-hydrogen) atoms. The first-order valence-electron chi connectivity index (χ1n) is 10.4. The van der Waals surface area contributed by atoms with Gasteiger partial charge in [0.25, 0.3) is 0 Å². The Morgan fingerprint density at radius 1 is 1.30 bits per heavy atom. The van der Waals surface area contributed by atoms with Crippen LogP contribution in [0, 0.1) is 5.92 Å². The van der Waals surface area contributed by atoms with Gasteiger partial charge in [-0.15, -0.1) is 24.0 Å². The molecule has 0 aromatic carbocycles. The summed E-state index contributed by atoms with van der Waals surface area (Å²) in [5.74, 6) is 3.00. The molecule has 154 valence electrons. The van der Waals surface area contributed by atoms with E-state index in [1.807, 2.05) is 6.07 Å². The summed E-state index contributed by atoms with van der Waals surface area (Å²) >= 11 is 0. The van der Waals surface area contributed by atoms with Crippen LogP contribution in [0.2, 0.25) is 0 Å². The highest BCUT2D eigenvalue weighted by molar-refractivity contribution is 14.0. The lowest BCUT2D eigenvalue weighted by molar-refractivity contribution is 0.198. The molecule has 7 heteroatoms. The fourth-order valence-electron chi connectivity index (χ4n) is 3.94. The van der Waals surface area contributed by atoms with Gasteiger partial charge in [-0.05, 0) is 51.1 Å². The maximum atomic E-state index is 5.43. The summed E-state index contributed by atoms with van der Waals surface area (Å²) in [6.07, 6.45) is 5.41. The van der Waals surface area contributed by atoms with Crippen molar-refractivity contribution in [2.24, 2.45) is 10.9 Å². The largest absolute Gasteiger partial charge is 0.359 e. The van der Waals surface area contributed by atoms with E-state index in [1.165, 1.54) is 45.3 Å². The molecule has 0 radical (unpaired) electrons. The molecule has 2 aliphatic rings. The molecule has 1 aromatic rings. The molecular formula is C20H36IN5O. The highest BCUT2D eigenvalue weighted by Gasteiger charge is 2.27. The molecule has 2 aliphatic heterocycles. The molecule has 0 aliphatic carbocycles. The molecule has 0 amide bonds. The van der Waals surface area contributed by atoms with Gasteiger partial charge in [0.15, 0.2) is 11.7 Å². The summed E-state index contributed by atoms with van der Waals surface area (Å²) in [5, 5.41) is 7.58. The molecule has 2 saturated heterocycles. The van der Waals surface area contributed by atoms with Gasteiger partial charge in [-0.1, -0.05) is 25.4 Å². The Bertz CT molecular complexity index is 583. The van der Waals surface area contributed by atoms with Crippen LogP contribution < -0.4 is 5.32 Å². The van der Waals surface area contributed by atoms with Gasteiger partial charge in [0.1, 0.15) is 6.54 Å². The van der Waals surface area contributed by atoms with Crippen molar-refractivity contribution in [1.82, 2.24) is 20.3 Å². The molecular weight excluding hydrogens is 453 g/mol. The first-order valence-corrected chi connectivity index (χ1v) is 10.4. The van der Waals surface area contributed by atoms with Crippen LogP contribution in [-0.4, -0.2) is 60.2 Å². The fraction of sp³-hybridized carbons (Fsp3) is 0.800. The van der Waals surface area contributed by atoms with E-state index < -0.39 is 0 Å². The average molecular weight is 489 g/mol. The van der Waals surface area contributed by atoms with Crippen molar-refractivity contribution in [2.45, 2.75) is 58.9 Å². The number of piperidine rings is 1. The van der Waals surface area contributed by atoms with Crippen molar-refractivity contribution < 1.29 is 4.52 Å². The van der Waals surface area contributed by atoms with Crippen molar-refractivity contribution in [3.63, 3.8) is 0 Å². The zero-order valence-electron chi connectivity index (χ0n) is 17.1. The molecule has 3 heterocycles. The molecule has 1 unspecified atom stereocenters. The van der Waals surface area contributed by atoms with E-state index in [4.69, 9.17) is 9.52 Å². The summed E-state index contributed by atoms with van der Waals surface area (Å²) in [6, 6.07) is 2.03. The lowest BCUT2D eigenvalue weighted by atomic mass is 10.1. The number of guanidine groups is 1. The maximum Gasteiger partial charge on any atom is 0.194 e. The van der Waals surface area contributed by atoms with Crippen LogP contribution in [0.3, 0.4) is 0 Å². The van der Waals surface area contributed by atoms with Crippen molar-refractivity contribution in [1.29, 1.82) is 0 Å². The Morgan fingerprint density at radius 3 is 2.74 bits per heavy atom. The first-order chi connectivity index (χ1) is 12.7. The summed E-state index contributed by atoms with van der Waals surface area (Å²) < 4.78 is 5.43. The molecule has 1 N–H and O–H groups in total. The van der Waals surface area contributed by atoms with Gasteiger partial charge in [-0.3, -0.25) is 0 Å². The second-order valence-corrected chi connectivity index (χ2v) is 8.00. The second kappa shape index (κ2) is 11.2. The van der Waals surface area contributed by atoms with Gasteiger partial charge in [0.05, 0.1) is 5.69 Å². The number of hydrogen-bond acceptors (Lipinski definition) is 4. The summed E-state index contributed by atoms with van der Waals surface area (Å²) in [7, 11) is 0. The maximum absolute atomic E-state index is 5.43. The standard InChI is InChI=1S/C20H35N5O.HI/c1-4-21-20(22-13-18-12-19(16(2)3)23-26-18)25-11-8-17(15-25)14-24-9-6-5-7-10-24;/h12,16-17H,4-11,13-15H2,1-3H3,(H,21,22);1H. The number of halogens is 1. The molecule has 6 nitrogen and oxygen atoms in total. The van der Waals surface area contributed by atoms with Crippen molar-refractivity contribution in [3.8, 4) is 0 Å². The van der Waals surface area contributed by atoms with E-state index in [9.17, 15) is 0 Å². The third-order valence-electron chi connectivity index (χ3n) is 5.44. The Morgan fingerprint density at radius 2 is 2.07 bits per heavy atom. The van der Waals surface area contributed by atoms with Gasteiger partial charge in [0.2, 0.25) is 0 Å². The lowest BCUT2D eigenvalue weighted by Gasteiger charge is -2.29. The number of likely N-dealkylation sites (tertiary alicyclic amines) is 2. The van der Waals surface area contributed by atoms with Gasteiger partial charge < -0.3 is 19.6 Å². The zero-order valence-corrected chi connectivity index (χ0v) is 19.4. The minimum absolute atomic E-state index is 0. The number of aliphatic imine (C=N–C) groups is 1. The highest BCUT2D eigenvalue weighted by Crippen LogP contribution is 2.20. The smallest absolute Gasteiger partial charge is 0.194 e. The van der Waals surface area contributed by atoms with Crippen LogP contribution in [0.5, 0.6) is 0 Å². The quantitative estimate of drug-likeness (QED) is 0.375. The topological polar surface area (TPSA) is 56.9 Å². The summed E-state index contributed by atoms with van der Waals surface area (Å²) in [6.45, 7) is 13.8. The summed E-state index contributed by atoms with van der Waals surface area (Å²) in [4.78, 5) is 9.87. The van der Waals surface area contributed by atoms with Crippen LogP contribution >= 0.6 is 24.0 Å². The summed E-state index contributed by atoms with van der Waals surface area (Å²) in [5.41, 5.74) is 1.00. The monoisotopic (exact) mass is 489 g/mol. The van der Waals surface area contributed by atoms with Gasteiger partial charge in [0, 0.05) is 32.2 Å². The average Bonchev–Trinajstić information content (AvgIpc) is 3.29. The van der Waals surface area contributed by atoms with Crippen LogP contribution in [0.15, 0.2) is 15.6 Å². The van der Waals surface area contributed by atoms with Crippen LogP contribution in [0.1, 0.15) is 63.8 Å². The minimum atomic E-state index is 0. The van der Waals surface area contributed by atoms with Crippen molar-refractivity contribution in [2.75, 3.05) is 39.3 Å². The van der Waals surface area contributed by atoms with E-state index in [0.29, 0.717) is 12.5 Å². The Kier molecular flexibility index (Phi) is 9.35. The van der Waals surface area contributed by atoms with Crippen LogP contribution in [0.25, 0.3) is 0 Å². The van der Waals surface area contributed by atoms with Gasteiger partial charge >= 0.3 is 0 Å². The molecule has 3 rings (SSSR count).